The van der Waals surface area contributed by atoms with Crippen molar-refractivity contribution in [3.05, 3.63) is 89.9 Å². The number of nitrogens with one attached hydrogen (secondary N) is 1. The summed E-state index contributed by atoms with van der Waals surface area (Å²) in [6.07, 6.45) is 1.33. The lowest BCUT2D eigenvalue weighted by atomic mass is 10.1. The van der Waals surface area contributed by atoms with E-state index in [2.05, 4.69) is 5.32 Å². The molecule has 3 aromatic rings. The van der Waals surface area contributed by atoms with Gasteiger partial charge in [0.2, 0.25) is 0 Å². The zero-order valence-corrected chi connectivity index (χ0v) is 15.1. The molecule has 0 saturated heterocycles. The Kier molecular flexibility index (Phi) is 5.23. The summed E-state index contributed by atoms with van der Waals surface area (Å²) in [4.78, 5) is 12.7. The molecular weight excluding hydrogens is 350 g/mol. The van der Waals surface area contributed by atoms with Gasteiger partial charge in [0.1, 0.15) is 0 Å². The summed E-state index contributed by atoms with van der Waals surface area (Å²) in [5.74, 6) is -0.715. The van der Waals surface area contributed by atoms with E-state index in [1.807, 2.05) is 37.3 Å². The molecule has 3 rings (SSSR count). The van der Waals surface area contributed by atoms with Crippen LogP contribution in [0, 0.1) is 0 Å². The largest absolute Gasteiger partial charge is 0.459 e. The number of furan rings is 1. The standard InChI is InChI=1S/C20H19NO4S/c1-15(16-8-4-2-5-9-16)21-20(22)19-17(12-13-25-19)14-26(23,24)18-10-6-3-7-11-18/h2-13,15H,14H2,1H3,(H,21,22)/t15-/m0/s1. The molecule has 0 saturated carbocycles. The second-order valence-electron chi connectivity index (χ2n) is 5.95. The minimum atomic E-state index is -3.56. The fourth-order valence-electron chi connectivity index (χ4n) is 2.65. The normalized spacial score (nSPS) is 12.5. The number of hydrogen-bond donors (Lipinski definition) is 1. The quantitative estimate of drug-likeness (QED) is 0.718. The van der Waals surface area contributed by atoms with Crippen LogP contribution in [0.1, 0.15) is 34.6 Å². The Balaban J connectivity index is 1.77. The summed E-state index contributed by atoms with van der Waals surface area (Å²) in [5.41, 5.74) is 1.29. The molecule has 0 spiro atoms. The Hall–Kier alpha value is -2.86. The van der Waals surface area contributed by atoms with Crippen LogP contribution in [0.3, 0.4) is 0 Å². The summed E-state index contributed by atoms with van der Waals surface area (Å²) >= 11 is 0. The van der Waals surface area contributed by atoms with Crippen LogP contribution in [0.4, 0.5) is 0 Å². The van der Waals surface area contributed by atoms with Crippen LogP contribution in [0.25, 0.3) is 0 Å². The molecule has 0 aliphatic carbocycles. The summed E-state index contributed by atoms with van der Waals surface area (Å²) < 4.78 is 30.4. The molecule has 5 nitrogen and oxygen atoms in total. The number of benzene rings is 2. The zero-order chi connectivity index (χ0) is 18.6. The Morgan fingerprint density at radius 3 is 2.27 bits per heavy atom. The molecular formula is C20H19NO4S. The van der Waals surface area contributed by atoms with E-state index in [4.69, 9.17) is 4.42 Å². The molecule has 134 valence electrons. The predicted molar refractivity (Wildman–Crippen MR) is 98.4 cm³/mol. The Morgan fingerprint density at radius 1 is 1.00 bits per heavy atom. The van der Waals surface area contributed by atoms with Gasteiger partial charge in [0.25, 0.3) is 5.91 Å². The Morgan fingerprint density at radius 2 is 1.62 bits per heavy atom. The molecule has 0 fully saturated rings. The number of rotatable bonds is 6. The fourth-order valence-corrected chi connectivity index (χ4v) is 4.03. The predicted octanol–water partition coefficient (Wildman–Crippen LogP) is 3.74. The third-order valence-corrected chi connectivity index (χ3v) is 5.73. The van der Waals surface area contributed by atoms with Crippen LogP contribution in [-0.4, -0.2) is 14.3 Å². The van der Waals surface area contributed by atoms with Crippen molar-refractivity contribution in [2.45, 2.75) is 23.6 Å². The van der Waals surface area contributed by atoms with Gasteiger partial charge in [0, 0.05) is 5.56 Å². The van der Waals surface area contributed by atoms with E-state index in [9.17, 15) is 13.2 Å². The molecule has 1 N–H and O–H groups in total. The second kappa shape index (κ2) is 7.58. The van der Waals surface area contributed by atoms with Gasteiger partial charge in [-0.15, -0.1) is 0 Å². The van der Waals surface area contributed by atoms with Gasteiger partial charge in [0.15, 0.2) is 15.6 Å². The molecule has 6 heteroatoms. The van der Waals surface area contributed by atoms with Crippen LogP contribution < -0.4 is 5.32 Å². The van der Waals surface area contributed by atoms with Crippen molar-refractivity contribution >= 4 is 15.7 Å². The van der Waals surface area contributed by atoms with E-state index in [0.717, 1.165) is 5.56 Å². The van der Waals surface area contributed by atoms with Crippen LogP contribution in [0.2, 0.25) is 0 Å². The molecule has 26 heavy (non-hydrogen) atoms. The molecule has 2 aromatic carbocycles. The lowest BCUT2D eigenvalue weighted by Gasteiger charge is -2.14. The van der Waals surface area contributed by atoms with E-state index >= 15 is 0 Å². The number of carbonyl (C=O) groups excluding carboxylic acids is 1. The highest BCUT2D eigenvalue weighted by molar-refractivity contribution is 7.90. The van der Waals surface area contributed by atoms with Gasteiger partial charge < -0.3 is 9.73 Å². The van der Waals surface area contributed by atoms with E-state index in [1.165, 1.54) is 24.5 Å². The molecule has 0 radical (unpaired) electrons. The zero-order valence-electron chi connectivity index (χ0n) is 14.3. The van der Waals surface area contributed by atoms with Gasteiger partial charge in [0.05, 0.1) is 23.0 Å². The average molecular weight is 369 g/mol. The molecule has 0 aliphatic heterocycles. The van der Waals surface area contributed by atoms with Crippen LogP contribution in [0.15, 0.2) is 82.3 Å². The average Bonchev–Trinajstić information content (AvgIpc) is 3.10. The highest BCUT2D eigenvalue weighted by Gasteiger charge is 2.23. The molecule has 1 atom stereocenters. The number of amides is 1. The smallest absolute Gasteiger partial charge is 0.287 e. The van der Waals surface area contributed by atoms with E-state index in [0.29, 0.717) is 5.56 Å². The van der Waals surface area contributed by atoms with Crippen LogP contribution >= 0.6 is 0 Å². The van der Waals surface area contributed by atoms with Gasteiger partial charge in [-0.05, 0) is 30.7 Å². The number of hydrogen-bond acceptors (Lipinski definition) is 4. The minimum Gasteiger partial charge on any atom is -0.459 e. The van der Waals surface area contributed by atoms with Gasteiger partial charge in [-0.25, -0.2) is 8.42 Å². The Bertz CT molecular complexity index is 979. The third-order valence-electron chi connectivity index (χ3n) is 4.05. The monoisotopic (exact) mass is 369 g/mol. The number of carbonyl (C=O) groups is 1. The summed E-state index contributed by atoms with van der Waals surface area (Å²) in [7, 11) is -3.56. The molecule has 0 unspecified atom stereocenters. The third kappa shape index (κ3) is 4.03. The maximum atomic E-state index is 12.5. The summed E-state index contributed by atoms with van der Waals surface area (Å²) in [6, 6.07) is 18.9. The first-order valence-electron chi connectivity index (χ1n) is 8.17. The van der Waals surface area contributed by atoms with Crippen molar-refractivity contribution in [2.24, 2.45) is 0 Å². The summed E-state index contributed by atoms with van der Waals surface area (Å²) in [5, 5.41) is 2.84. The second-order valence-corrected chi connectivity index (χ2v) is 7.94. The van der Waals surface area contributed by atoms with Gasteiger partial charge in [-0.2, -0.15) is 0 Å². The van der Waals surface area contributed by atoms with E-state index in [1.54, 1.807) is 18.2 Å². The minimum absolute atomic E-state index is 0.0206. The van der Waals surface area contributed by atoms with Crippen molar-refractivity contribution in [2.75, 3.05) is 0 Å². The first-order valence-corrected chi connectivity index (χ1v) is 9.82. The first kappa shape index (κ1) is 17.9. The van der Waals surface area contributed by atoms with Crippen LogP contribution in [0.5, 0.6) is 0 Å². The van der Waals surface area contributed by atoms with Crippen molar-refractivity contribution in [1.29, 1.82) is 0 Å². The SMILES string of the molecule is C[C@H](NC(=O)c1occc1CS(=O)(=O)c1ccccc1)c1ccccc1. The maximum Gasteiger partial charge on any atom is 0.287 e. The Labute approximate surface area is 152 Å². The summed E-state index contributed by atoms with van der Waals surface area (Å²) in [6.45, 7) is 1.86. The lowest BCUT2D eigenvalue weighted by molar-refractivity contribution is 0.0911. The maximum absolute atomic E-state index is 12.5. The molecule has 1 heterocycles. The van der Waals surface area contributed by atoms with E-state index < -0.39 is 15.7 Å². The molecule has 1 aromatic heterocycles. The molecule has 1 amide bonds. The number of sulfone groups is 1. The van der Waals surface area contributed by atoms with Crippen molar-refractivity contribution in [3.8, 4) is 0 Å². The fraction of sp³-hybridized carbons (Fsp3) is 0.150. The van der Waals surface area contributed by atoms with Gasteiger partial charge in [-0.3, -0.25) is 4.79 Å². The molecule has 0 bridgehead atoms. The molecule has 0 aliphatic rings. The van der Waals surface area contributed by atoms with Crippen molar-refractivity contribution in [1.82, 2.24) is 5.32 Å². The van der Waals surface area contributed by atoms with Crippen LogP contribution in [-0.2, 0) is 15.6 Å². The first-order chi connectivity index (χ1) is 12.5. The van der Waals surface area contributed by atoms with Gasteiger partial charge >= 0.3 is 0 Å². The highest BCUT2D eigenvalue weighted by Crippen LogP contribution is 2.21. The lowest BCUT2D eigenvalue weighted by Crippen LogP contribution is -2.27. The van der Waals surface area contributed by atoms with Gasteiger partial charge in [-0.1, -0.05) is 48.5 Å². The van der Waals surface area contributed by atoms with Crippen molar-refractivity contribution in [3.63, 3.8) is 0 Å². The topological polar surface area (TPSA) is 76.4 Å². The van der Waals surface area contributed by atoms with Crippen molar-refractivity contribution < 1.29 is 17.6 Å². The highest BCUT2D eigenvalue weighted by atomic mass is 32.2. The van der Waals surface area contributed by atoms with E-state index in [-0.39, 0.29) is 22.5 Å².